The summed E-state index contributed by atoms with van der Waals surface area (Å²) in [4.78, 5) is 17.0. The second kappa shape index (κ2) is 5.62. The van der Waals surface area contributed by atoms with Crippen LogP contribution in [-0.4, -0.2) is 24.0 Å². The van der Waals surface area contributed by atoms with Crippen molar-refractivity contribution in [2.45, 2.75) is 19.8 Å². The molecule has 2 heterocycles. The highest BCUT2D eigenvalue weighted by molar-refractivity contribution is 6.35. The number of amides is 1. The first kappa shape index (κ1) is 14.3. The Hall–Kier alpha value is -1.65. The van der Waals surface area contributed by atoms with Gasteiger partial charge in [-0.05, 0) is 50.2 Å². The van der Waals surface area contributed by atoms with Crippen molar-refractivity contribution >= 4 is 34.1 Å². The Morgan fingerprint density at radius 3 is 2.86 bits per heavy atom. The number of halogens is 1. The van der Waals surface area contributed by atoms with Gasteiger partial charge in [0.05, 0.1) is 16.2 Å². The lowest BCUT2D eigenvalue weighted by Crippen LogP contribution is -2.42. The van der Waals surface area contributed by atoms with E-state index in [0.29, 0.717) is 5.02 Å². The largest absolute Gasteiger partial charge is 0.324 e. The van der Waals surface area contributed by atoms with E-state index in [9.17, 15) is 4.79 Å². The van der Waals surface area contributed by atoms with Gasteiger partial charge in [-0.3, -0.25) is 9.78 Å². The van der Waals surface area contributed by atoms with E-state index in [1.54, 1.807) is 12.3 Å². The van der Waals surface area contributed by atoms with E-state index in [1.165, 1.54) is 0 Å². The molecule has 1 amide bonds. The Bertz CT molecular complexity index is 680. The van der Waals surface area contributed by atoms with Crippen molar-refractivity contribution in [1.82, 2.24) is 10.3 Å². The van der Waals surface area contributed by atoms with Crippen LogP contribution < -0.4 is 10.6 Å². The van der Waals surface area contributed by atoms with Crippen LogP contribution in [0.15, 0.2) is 30.5 Å². The van der Waals surface area contributed by atoms with Gasteiger partial charge in [0.1, 0.15) is 0 Å². The van der Waals surface area contributed by atoms with Crippen molar-refractivity contribution in [3.8, 4) is 0 Å². The highest BCUT2D eigenvalue weighted by Crippen LogP contribution is 2.32. The molecule has 0 aliphatic carbocycles. The van der Waals surface area contributed by atoms with Gasteiger partial charge < -0.3 is 10.6 Å². The highest BCUT2D eigenvalue weighted by Gasteiger charge is 2.34. The summed E-state index contributed by atoms with van der Waals surface area (Å²) in [5.74, 6) is 0.0540. The van der Waals surface area contributed by atoms with Crippen LogP contribution in [0.4, 0.5) is 5.69 Å². The number of carbonyl (C=O) groups excluding carboxylic acids is 1. The summed E-state index contributed by atoms with van der Waals surface area (Å²) in [6.45, 7) is 3.78. The first-order valence-electron chi connectivity index (χ1n) is 7.16. The Morgan fingerprint density at radius 1 is 1.33 bits per heavy atom. The molecule has 1 aromatic carbocycles. The number of hydrogen-bond acceptors (Lipinski definition) is 3. The Morgan fingerprint density at radius 2 is 2.10 bits per heavy atom. The summed E-state index contributed by atoms with van der Waals surface area (Å²) in [6.07, 6.45) is 3.40. The fourth-order valence-corrected chi connectivity index (χ4v) is 2.93. The summed E-state index contributed by atoms with van der Waals surface area (Å²) in [7, 11) is 0. The van der Waals surface area contributed by atoms with E-state index in [-0.39, 0.29) is 11.3 Å². The van der Waals surface area contributed by atoms with Crippen LogP contribution in [-0.2, 0) is 4.79 Å². The van der Waals surface area contributed by atoms with Crippen LogP contribution in [0.1, 0.15) is 19.8 Å². The van der Waals surface area contributed by atoms with E-state index in [1.807, 2.05) is 25.1 Å². The smallest absolute Gasteiger partial charge is 0.230 e. The average molecular weight is 304 g/mol. The van der Waals surface area contributed by atoms with Crippen molar-refractivity contribution in [2.75, 3.05) is 18.4 Å². The SMILES string of the molecule is CC1(C(=O)Nc2ccc(Cl)c3cccnc23)CCNCC1. The summed E-state index contributed by atoms with van der Waals surface area (Å²) >= 11 is 6.18. The lowest BCUT2D eigenvalue weighted by molar-refractivity contribution is -0.126. The minimum atomic E-state index is -0.327. The molecule has 0 spiro atoms. The first-order chi connectivity index (χ1) is 10.1. The number of benzene rings is 1. The molecule has 3 rings (SSSR count). The molecule has 1 aliphatic heterocycles. The Kier molecular flexibility index (Phi) is 3.83. The number of aromatic nitrogens is 1. The monoisotopic (exact) mass is 303 g/mol. The topological polar surface area (TPSA) is 54.0 Å². The number of fused-ring (bicyclic) bond motifs is 1. The van der Waals surface area contributed by atoms with Gasteiger partial charge in [0, 0.05) is 17.0 Å². The van der Waals surface area contributed by atoms with Crippen LogP contribution in [0.25, 0.3) is 10.9 Å². The van der Waals surface area contributed by atoms with Crippen molar-refractivity contribution in [3.63, 3.8) is 0 Å². The Labute approximate surface area is 128 Å². The molecule has 0 saturated carbocycles. The molecule has 1 aromatic heterocycles. The summed E-state index contributed by atoms with van der Waals surface area (Å²) in [6, 6.07) is 7.37. The third kappa shape index (κ3) is 2.74. The second-order valence-corrected chi connectivity index (χ2v) is 6.17. The number of nitrogens with zero attached hydrogens (tertiary/aromatic N) is 1. The van der Waals surface area contributed by atoms with Crippen molar-refractivity contribution < 1.29 is 4.79 Å². The molecular formula is C16H18ClN3O. The molecule has 5 heteroatoms. The summed E-state index contributed by atoms with van der Waals surface area (Å²) in [5, 5.41) is 7.82. The first-order valence-corrected chi connectivity index (χ1v) is 7.53. The van der Waals surface area contributed by atoms with Gasteiger partial charge in [0.2, 0.25) is 5.91 Å². The quantitative estimate of drug-likeness (QED) is 0.895. The molecule has 0 atom stereocenters. The molecular weight excluding hydrogens is 286 g/mol. The maximum Gasteiger partial charge on any atom is 0.230 e. The van der Waals surface area contributed by atoms with E-state index >= 15 is 0 Å². The number of carbonyl (C=O) groups is 1. The number of anilines is 1. The van der Waals surface area contributed by atoms with Crippen LogP contribution in [0.2, 0.25) is 5.02 Å². The summed E-state index contributed by atoms with van der Waals surface area (Å²) in [5.41, 5.74) is 1.13. The zero-order chi connectivity index (χ0) is 14.9. The molecule has 1 fully saturated rings. The predicted octanol–water partition coefficient (Wildman–Crippen LogP) is 3.22. The number of hydrogen-bond donors (Lipinski definition) is 2. The minimum Gasteiger partial charge on any atom is -0.324 e. The van der Waals surface area contributed by atoms with Crippen molar-refractivity contribution in [3.05, 3.63) is 35.5 Å². The van der Waals surface area contributed by atoms with Gasteiger partial charge in [0.25, 0.3) is 0 Å². The fraction of sp³-hybridized carbons (Fsp3) is 0.375. The van der Waals surface area contributed by atoms with Gasteiger partial charge in [-0.25, -0.2) is 0 Å². The van der Waals surface area contributed by atoms with Gasteiger partial charge in [-0.2, -0.15) is 0 Å². The van der Waals surface area contributed by atoms with E-state index < -0.39 is 0 Å². The normalized spacial score (nSPS) is 17.6. The zero-order valence-electron chi connectivity index (χ0n) is 11.9. The molecule has 1 aliphatic rings. The van der Waals surface area contributed by atoms with Gasteiger partial charge in [-0.15, -0.1) is 0 Å². The van der Waals surface area contributed by atoms with Gasteiger partial charge in [-0.1, -0.05) is 18.5 Å². The maximum atomic E-state index is 12.6. The standard InChI is InChI=1S/C16H18ClN3O/c1-16(6-9-18-10-7-16)15(21)20-13-5-4-12(17)11-3-2-8-19-14(11)13/h2-5,8,18H,6-7,9-10H2,1H3,(H,20,21). The molecule has 0 unspecified atom stereocenters. The lowest BCUT2D eigenvalue weighted by atomic mass is 9.80. The number of rotatable bonds is 2. The van der Waals surface area contributed by atoms with E-state index in [4.69, 9.17) is 11.6 Å². The molecule has 1 saturated heterocycles. The predicted molar refractivity (Wildman–Crippen MR) is 85.6 cm³/mol. The zero-order valence-corrected chi connectivity index (χ0v) is 12.7. The lowest BCUT2D eigenvalue weighted by Gasteiger charge is -2.32. The van der Waals surface area contributed by atoms with Crippen LogP contribution in [0.3, 0.4) is 0 Å². The number of piperidine rings is 1. The highest BCUT2D eigenvalue weighted by atomic mass is 35.5. The van der Waals surface area contributed by atoms with Crippen LogP contribution in [0.5, 0.6) is 0 Å². The van der Waals surface area contributed by atoms with E-state index in [0.717, 1.165) is 42.5 Å². The summed E-state index contributed by atoms with van der Waals surface area (Å²) < 4.78 is 0. The molecule has 0 bridgehead atoms. The van der Waals surface area contributed by atoms with Crippen molar-refractivity contribution in [1.29, 1.82) is 0 Å². The van der Waals surface area contributed by atoms with Gasteiger partial charge in [0.15, 0.2) is 0 Å². The Balaban J connectivity index is 1.91. The fourth-order valence-electron chi connectivity index (χ4n) is 2.72. The molecule has 2 aromatic rings. The maximum absolute atomic E-state index is 12.6. The number of pyridine rings is 1. The van der Waals surface area contributed by atoms with Crippen LogP contribution >= 0.6 is 11.6 Å². The average Bonchev–Trinajstić information content (AvgIpc) is 2.51. The molecule has 110 valence electrons. The van der Waals surface area contributed by atoms with Gasteiger partial charge >= 0.3 is 0 Å². The van der Waals surface area contributed by atoms with Crippen molar-refractivity contribution in [2.24, 2.45) is 5.41 Å². The molecule has 2 N–H and O–H groups in total. The van der Waals surface area contributed by atoms with E-state index in [2.05, 4.69) is 15.6 Å². The molecule has 21 heavy (non-hydrogen) atoms. The molecule has 0 radical (unpaired) electrons. The minimum absolute atomic E-state index is 0.0540. The third-order valence-corrected chi connectivity index (χ3v) is 4.55. The second-order valence-electron chi connectivity index (χ2n) is 5.76. The third-order valence-electron chi connectivity index (χ3n) is 4.22. The molecule has 4 nitrogen and oxygen atoms in total. The number of nitrogens with one attached hydrogen (secondary N) is 2. The van der Waals surface area contributed by atoms with Crippen LogP contribution in [0, 0.1) is 5.41 Å².